The van der Waals surface area contributed by atoms with Gasteiger partial charge in [0, 0.05) is 5.69 Å². The van der Waals surface area contributed by atoms with E-state index in [1.54, 1.807) is 37.4 Å². The molecule has 3 aromatic carbocycles. The van der Waals surface area contributed by atoms with Crippen molar-refractivity contribution in [2.75, 3.05) is 17.3 Å². The smallest absolute Gasteiger partial charge is 0.282 e. The largest absolute Gasteiger partial charge is 0.497 e. The number of carbonyl (C=O) groups excluding carboxylic acids is 2. The number of aryl methyl sites for hydroxylation is 3. The third-order valence-corrected chi connectivity index (χ3v) is 5.50. The zero-order valence-electron chi connectivity index (χ0n) is 18.0. The Morgan fingerprint density at radius 1 is 0.806 bits per heavy atom. The topological polar surface area (TPSA) is 58.6 Å². The van der Waals surface area contributed by atoms with Crippen LogP contribution in [0.2, 0.25) is 0 Å². The molecule has 156 valence electrons. The van der Waals surface area contributed by atoms with Crippen LogP contribution in [0.3, 0.4) is 0 Å². The van der Waals surface area contributed by atoms with Gasteiger partial charge < -0.3 is 10.1 Å². The Kier molecular flexibility index (Phi) is 5.34. The number of hydrogen-bond donors (Lipinski definition) is 1. The second-order valence-electron chi connectivity index (χ2n) is 7.69. The van der Waals surface area contributed by atoms with Crippen LogP contribution in [0.1, 0.15) is 22.3 Å². The van der Waals surface area contributed by atoms with Crippen molar-refractivity contribution < 1.29 is 14.3 Å². The molecule has 4 rings (SSSR count). The van der Waals surface area contributed by atoms with E-state index in [0.717, 1.165) is 22.4 Å². The van der Waals surface area contributed by atoms with Gasteiger partial charge in [-0.3, -0.25) is 9.59 Å². The van der Waals surface area contributed by atoms with E-state index >= 15 is 0 Å². The van der Waals surface area contributed by atoms with Gasteiger partial charge in [-0.15, -0.1) is 0 Å². The highest BCUT2D eigenvalue weighted by molar-refractivity contribution is 6.46. The molecule has 2 amide bonds. The van der Waals surface area contributed by atoms with Crippen LogP contribution >= 0.6 is 0 Å². The first-order valence-electron chi connectivity index (χ1n) is 10.1. The van der Waals surface area contributed by atoms with Gasteiger partial charge in [0.1, 0.15) is 11.4 Å². The minimum atomic E-state index is -0.374. The highest BCUT2D eigenvalue weighted by Gasteiger charge is 2.40. The van der Waals surface area contributed by atoms with Gasteiger partial charge in [0.25, 0.3) is 11.8 Å². The van der Waals surface area contributed by atoms with Crippen LogP contribution in [0.5, 0.6) is 5.75 Å². The Bertz CT molecular complexity index is 1210. The SMILES string of the molecule is COc1ccc(C2=C(Nc3cccc(C)c3)C(=O)N(c3ccc(C)c(C)c3)C2=O)cc1. The van der Waals surface area contributed by atoms with Crippen molar-refractivity contribution in [3.8, 4) is 5.75 Å². The summed E-state index contributed by atoms with van der Waals surface area (Å²) in [6, 6.07) is 20.4. The first kappa shape index (κ1) is 20.4. The van der Waals surface area contributed by atoms with Crippen molar-refractivity contribution in [1.82, 2.24) is 0 Å². The molecule has 0 atom stereocenters. The fraction of sp³-hybridized carbons (Fsp3) is 0.154. The molecule has 0 unspecified atom stereocenters. The lowest BCUT2D eigenvalue weighted by molar-refractivity contribution is -0.120. The number of ether oxygens (including phenoxy) is 1. The maximum atomic E-state index is 13.5. The van der Waals surface area contributed by atoms with Crippen molar-refractivity contribution in [2.24, 2.45) is 0 Å². The molecule has 1 aliphatic heterocycles. The molecule has 0 aliphatic carbocycles. The van der Waals surface area contributed by atoms with E-state index in [1.807, 2.05) is 57.2 Å². The second kappa shape index (κ2) is 8.11. The molecule has 31 heavy (non-hydrogen) atoms. The van der Waals surface area contributed by atoms with Gasteiger partial charge >= 0.3 is 0 Å². The minimum Gasteiger partial charge on any atom is -0.497 e. The summed E-state index contributed by atoms with van der Waals surface area (Å²) in [4.78, 5) is 28.2. The lowest BCUT2D eigenvalue weighted by Gasteiger charge is -2.17. The average Bonchev–Trinajstić information content (AvgIpc) is 3.00. The summed E-state index contributed by atoms with van der Waals surface area (Å²) in [5, 5.41) is 3.20. The average molecular weight is 412 g/mol. The molecular weight excluding hydrogens is 388 g/mol. The lowest BCUT2D eigenvalue weighted by atomic mass is 10.0. The highest BCUT2D eigenvalue weighted by Crippen LogP contribution is 2.35. The maximum absolute atomic E-state index is 13.5. The van der Waals surface area contributed by atoms with Crippen molar-refractivity contribution in [3.05, 3.63) is 94.7 Å². The van der Waals surface area contributed by atoms with Crippen LogP contribution < -0.4 is 15.0 Å². The van der Waals surface area contributed by atoms with Gasteiger partial charge in [-0.05, 0) is 79.4 Å². The third-order valence-electron chi connectivity index (χ3n) is 5.50. The third kappa shape index (κ3) is 3.82. The number of methoxy groups -OCH3 is 1. The number of nitrogens with zero attached hydrogens (tertiary/aromatic N) is 1. The minimum absolute atomic E-state index is 0.263. The number of carbonyl (C=O) groups is 2. The van der Waals surface area contributed by atoms with Gasteiger partial charge in [0.15, 0.2) is 0 Å². The number of amides is 2. The van der Waals surface area contributed by atoms with Crippen LogP contribution in [-0.4, -0.2) is 18.9 Å². The number of benzene rings is 3. The summed E-state index contributed by atoms with van der Waals surface area (Å²) >= 11 is 0. The van der Waals surface area contributed by atoms with Gasteiger partial charge in [0.2, 0.25) is 0 Å². The van der Waals surface area contributed by atoms with Crippen LogP contribution in [0.15, 0.2) is 72.4 Å². The number of imide groups is 1. The van der Waals surface area contributed by atoms with Crippen LogP contribution in [-0.2, 0) is 9.59 Å². The number of anilines is 2. The second-order valence-corrected chi connectivity index (χ2v) is 7.69. The molecule has 0 spiro atoms. The molecule has 0 bridgehead atoms. The normalized spacial score (nSPS) is 13.7. The summed E-state index contributed by atoms with van der Waals surface area (Å²) in [6.07, 6.45) is 0. The summed E-state index contributed by atoms with van der Waals surface area (Å²) in [5.41, 5.74) is 5.74. The van der Waals surface area contributed by atoms with E-state index in [9.17, 15) is 9.59 Å². The van der Waals surface area contributed by atoms with Crippen molar-refractivity contribution in [2.45, 2.75) is 20.8 Å². The maximum Gasteiger partial charge on any atom is 0.282 e. The van der Waals surface area contributed by atoms with Crippen molar-refractivity contribution in [3.63, 3.8) is 0 Å². The Hall–Kier alpha value is -3.86. The van der Waals surface area contributed by atoms with Gasteiger partial charge in [0.05, 0.1) is 18.4 Å². The van der Waals surface area contributed by atoms with Gasteiger partial charge in [-0.1, -0.05) is 30.3 Å². The van der Waals surface area contributed by atoms with Crippen LogP contribution in [0.4, 0.5) is 11.4 Å². The molecule has 1 N–H and O–H groups in total. The molecule has 5 heteroatoms. The first-order chi connectivity index (χ1) is 14.9. The molecule has 0 aromatic heterocycles. The monoisotopic (exact) mass is 412 g/mol. The van der Waals surface area contributed by atoms with Gasteiger partial charge in [-0.25, -0.2) is 4.90 Å². The van der Waals surface area contributed by atoms with Gasteiger partial charge in [-0.2, -0.15) is 0 Å². The molecular formula is C26H24N2O3. The summed E-state index contributed by atoms with van der Waals surface area (Å²) in [6.45, 7) is 5.94. The predicted octanol–water partition coefficient (Wildman–Crippen LogP) is 5.02. The fourth-order valence-corrected chi connectivity index (χ4v) is 3.64. The Morgan fingerprint density at radius 3 is 2.19 bits per heavy atom. The van der Waals surface area contributed by atoms with E-state index in [4.69, 9.17) is 4.74 Å². The lowest BCUT2D eigenvalue weighted by Crippen LogP contribution is -2.32. The molecule has 0 fully saturated rings. The van der Waals surface area contributed by atoms with Crippen molar-refractivity contribution >= 4 is 28.8 Å². The van der Waals surface area contributed by atoms with E-state index < -0.39 is 0 Å². The molecule has 1 heterocycles. The Balaban J connectivity index is 1.82. The number of rotatable bonds is 5. The summed E-state index contributed by atoms with van der Waals surface area (Å²) in [7, 11) is 1.59. The van der Waals surface area contributed by atoms with E-state index in [1.165, 1.54) is 4.90 Å². The van der Waals surface area contributed by atoms with Crippen LogP contribution in [0, 0.1) is 20.8 Å². The van der Waals surface area contributed by atoms with Crippen LogP contribution in [0.25, 0.3) is 5.57 Å². The molecule has 1 aliphatic rings. The van der Waals surface area contributed by atoms with E-state index in [0.29, 0.717) is 22.6 Å². The fourth-order valence-electron chi connectivity index (χ4n) is 3.64. The molecule has 0 saturated heterocycles. The Labute approximate surface area is 182 Å². The first-order valence-corrected chi connectivity index (χ1v) is 10.1. The quantitative estimate of drug-likeness (QED) is 0.598. The number of hydrogen-bond acceptors (Lipinski definition) is 4. The summed E-state index contributed by atoms with van der Waals surface area (Å²) in [5.74, 6) is -0.0468. The highest BCUT2D eigenvalue weighted by atomic mass is 16.5. The van der Waals surface area contributed by atoms with E-state index in [2.05, 4.69) is 5.32 Å². The molecule has 0 saturated carbocycles. The Morgan fingerprint density at radius 2 is 1.55 bits per heavy atom. The zero-order valence-corrected chi connectivity index (χ0v) is 18.0. The molecule has 5 nitrogen and oxygen atoms in total. The number of nitrogens with one attached hydrogen (secondary N) is 1. The standard InChI is InChI=1S/C26H24N2O3/c1-16-6-5-7-20(14-16)27-24-23(19-9-12-22(31-4)13-10-19)25(29)28(26(24)30)21-11-8-17(2)18(3)15-21/h5-15,27H,1-4H3. The molecule has 0 radical (unpaired) electrons. The molecule has 3 aromatic rings. The predicted molar refractivity (Wildman–Crippen MR) is 123 cm³/mol. The van der Waals surface area contributed by atoms with Crippen molar-refractivity contribution in [1.29, 1.82) is 0 Å². The van der Waals surface area contributed by atoms with E-state index in [-0.39, 0.29) is 17.5 Å². The summed E-state index contributed by atoms with van der Waals surface area (Å²) < 4.78 is 5.24. The zero-order chi connectivity index (χ0) is 22.1.